The summed E-state index contributed by atoms with van der Waals surface area (Å²) in [5, 5.41) is 0. The lowest BCUT2D eigenvalue weighted by atomic mass is 10.0. The van der Waals surface area contributed by atoms with Crippen molar-refractivity contribution >= 4 is 11.9 Å². The molecule has 5 nitrogen and oxygen atoms in total. The van der Waals surface area contributed by atoms with Crippen LogP contribution >= 0.6 is 0 Å². The van der Waals surface area contributed by atoms with Crippen molar-refractivity contribution in [1.82, 2.24) is 0 Å². The molecule has 1 atom stereocenters. The first-order valence-electron chi connectivity index (χ1n) is 17.3. The average molecular weight is 615 g/mol. The second kappa shape index (κ2) is 21.2. The molecule has 0 saturated heterocycles. The topological polar surface area (TPSA) is 61.8 Å². The van der Waals surface area contributed by atoms with Crippen LogP contribution in [-0.4, -0.2) is 25.2 Å². The summed E-state index contributed by atoms with van der Waals surface area (Å²) in [6.45, 7) is 7.51. The van der Waals surface area contributed by atoms with Crippen molar-refractivity contribution in [1.29, 1.82) is 0 Å². The minimum Gasteiger partial charge on any atom is -0.494 e. The van der Waals surface area contributed by atoms with Gasteiger partial charge in [-0.15, -0.1) is 0 Å². The van der Waals surface area contributed by atoms with Gasteiger partial charge in [-0.3, -0.25) is 0 Å². The van der Waals surface area contributed by atoms with Gasteiger partial charge in [-0.25, -0.2) is 9.59 Å². The Morgan fingerprint density at radius 2 is 1.00 bits per heavy atom. The molecule has 0 spiro atoms. The standard InChI is InChI=1S/C40H54O5/c1-4-6-7-8-9-10-11-12-13-14-15-16-17-30-43-37-26-22-34(23-27-37)33-18-20-36(21-19-33)40(42)45-38-28-24-35(25-29-38)39(41)44-31-32(3)5-2/h18-29,32H,4-17,30-31H2,1-3H3. The Kier molecular flexibility index (Phi) is 16.9. The van der Waals surface area contributed by atoms with Crippen LogP contribution in [0.5, 0.6) is 11.5 Å². The smallest absolute Gasteiger partial charge is 0.343 e. The van der Waals surface area contributed by atoms with E-state index in [9.17, 15) is 9.59 Å². The third-order valence-corrected chi connectivity index (χ3v) is 8.32. The highest BCUT2D eigenvalue weighted by Gasteiger charge is 2.12. The van der Waals surface area contributed by atoms with Gasteiger partial charge in [0.2, 0.25) is 0 Å². The van der Waals surface area contributed by atoms with Gasteiger partial charge >= 0.3 is 11.9 Å². The van der Waals surface area contributed by atoms with Crippen LogP contribution in [0.4, 0.5) is 0 Å². The summed E-state index contributed by atoms with van der Waals surface area (Å²) >= 11 is 0. The second-order valence-corrected chi connectivity index (χ2v) is 12.2. The number of esters is 2. The molecule has 3 aromatic rings. The van der Waals surface area contributed by atoms with Gasteiger partial charge < -0.3 is 14.2 Å². The maximum atomic E-state index is 12.7. The molecule has 0 aliphatic carbocycles. The van der Waals surface area contributed by atoms with E-state index in [-0.39, 0.29) is 5.97 Å². The van der Waals surface area contributed by atoms with E-state index < -0.39 is 5.97 Å². The quantitative estimate of drug-likeness (QED) is 0.0640. The number of rotatable bonds is 22. The van der Waals surface area contributed by atoms with Crippen molar-refractivity contribution in [3.8, 4) is 22.6 Å². The lowest BCUT2D eigenvalue weighted by molar-refractivity contribution is 0.0447. The van der Waals surface area contributed by atoms with Gasteiger partial charge in [0.15, 0.2) is 0 Å². The third kappa shape index (κ3) is 13.9. The molecule has 0 N–H and O–H groups in total. The zero-order chi connectivity index (χ0) is 32.1. The summed E-state index contributed by atoms with van der Waals surface area (Å²) in [7, 11) is 0. The molecule has 0 aliphatic rings. The van der Waals surface area contributed by atoms with E-state index in [2.05, 4.69) is 13.8 Å². The minimum absolute atomic E-state index is 0.317. The SMILES string of the molecule is CCCCCCCCCCCCCCCOc1ccc(-c2ccc(C(=O)Oc3ccc(C(=O)OCC(C)CC)cc3)cc2)cc1. The van der Waals surface area contributed by atoms with Gasteiger partial charge in [0, 0.05) is 0 Å². The van der Waals surface area contributed by atoms with Crippen LogP contribution < -0.4 is 9.47 Å². The fourth-order valence-electron chi connectivity index (χ4n) is 5.10. The van der Waals surface area contributed by atoms with Crippen molar-refractivity contribution in [3.05, 3.63) is 83.9 Å². The Morgan fingerprint density at radius 1 is 0.556 bits per heavy atom. The van der Waals surface area contributed by atoms with E-state index in [0.717, 1.165) is 36.3 Å². The maximum Gasteiger partial charge on any atom is 0.343 e. The number of hydrogen-bond donors (Lipinski definition) is 0. The number of unbranched alkanes of at least 4 members (excludes halogenated alkanes) is 12. The molecule has 0 fully saturated rings. The predicted octanol–water partition coefficient (Wildman–Crippen LogP) is 11.2. The predicted molar refractivity (Wildman–Crippen MR) is 184 cm³/mol. The first kappa shape index (κ1) is 35.9. The number of benzene rings is 3. The van der Waals surface area contributed by atoms with Crippen LogP contribution in [0.15, 0.2) is 72.8 Å². The van der Waals surface area contributed by atoms with Gasteiger partial charge in [-0.05, 0) is 72.0 Å². The molecule has 0 heterocycles. The van der Waals surface area contributed by atoms with Gasteiger partial charge in [0.25, 0.3) is 0 Å². The van der Waals surface area contributed by atoms with E-state index in [1.165, 1.54) is 77.0 Å². The summed E-state index contributed by atoms with van der Waals surface area (Å²) in [5.41, 5.74) is 2.95. The van der Waals surface area contributed by atoms with Crippen molar-refractivity contribution in [2.75, 3.05) is 13.2 Å². The molecule has 0 aromatic heterocycles. The molecule has 0 bridgehead atoms. The third-order valence-electron chi connectivity index (χ3n) is 8.32. The molecule has 0 radical (unpaired) electrons. The molecular formula is C40H54O5. The number of hydrogen-bond acceptors (Lipinski definition) is 5. The van der Waals surface area contributed by atoms with Crippen LogP contribution in [0.3, 0.4) is 0 Å². The Morgan fingerprint density at radius 3 is 1.53 bits per heavy atom. The lowest BCUT2D eigenvalue weighted by Gasteiger charge is -2.10. The monoisotopic (exact) mass is 614 g/mol. The first-order chi connectivity index (χ1) is 22.0. The van der Waals surface area contributed by atoms with E-state index in [1.54, 1.807) is 36.4 Å². The normalized spacial score (nSPS) is 11.6. The summed E-state index contributed by atoms with van der Waals surface area (Å²) in [4.78, 5) is 24.9. The number of carbonyl (C=O) groups is 2. The van der Waals surface area contributed by atoms with Gasteiger partial charge in [-0.1, -0.05) is 129 Å². The van der Waals surface area contributed by atoms with E-state index in [4.69, 9.17) is 14.2 Å². The lowest BCUT2D eigenvalue weighted by Crippen LogP contribution is -2.12. The summed E-state index contributed by atoms with van der Waals surface area (Å²) < 4.78 is 16.8. The molecule has 45 heavy (non-hydrogen) atoms. The van der Waals surface area contributed by atoms with Crippen LogP contribution in [0.25, 0.3) is 11.1 Å². The second-order valence-electron chi connectivity index (χ2n) is 12.2. The molecule has 1 unspecified atom stereocenters. The molecule has 0 saturated carbocycles. The van der Waals surface area contributed by atoms with Gasteiger partial charge in [0.1, 0.15) is 11.5 Å². The Hall–Kier alpha value is -3.60. The highest BCUT2D eigenvalue weighted by atomic mass is 16.5. The highest BCUT2D eigenvalue weighted by molar-refractivity contribution is 5.92. The van der Waals surface area contributed by atoms with Crippen LogP contribution in [0.2, 0.25) is 0 Å². The van der Waals surface area contributed by atoms with E-state index in [0.29, 0.717) is 29.4 Å². The summed E-state index contributed by atoms with van der Waals surface area (Å²) in [6, 6.07) is 21.9. The minimum atomic E-state index is -0.453. The summed E-state index contributed by atoms with van der Waals surface area (Å²) in [6.07, 6.45) is 18.4. The van der Waals surface area contributed by atoms with E-state index >= 15 is 0 Å². The molecule has 0 aliphatic heterocycles. The van der Waals surface area contributed by atoms with Crippen molar-refractivity contribution in [3.63, 3.8) is 0 Å². The molecule has 0 amide bonds. The Balaban J connectivity index is 1.31. The maximum absolute atomic E-state index is 12.7. The Labute approximate surface area is 271 Å². The fraction of sp³-hybridized carbons (Fsp3) is 0.500. The van der Waals surface area contributed by atoms with Crippen molar-refractivity contribution < 1.29 is 23.8 Å². The van der Waals surface area contributed by atoms with Crippen LogP contribution in [0, 0.1) is 5.92 Å². The summed E-state index contributed by atoms with van der Waals surface area (Å²) in [5.74, 6) is 0.742. The average Bonchev–Trinajstić information content (AvgIpc) is 3.07. The zero-order valence-electron chi connectivity index (χ0n) is 27.9. The van der Waals surface area contributed by atoms with Crippen molar-refractivity contribution in [2.24, 2.45) is 5.92 Å². The number of carbonyl (C=O) groups excluding carboxylic acids is 2. The zero-order valence-corrected chi connectivity index (χ0v) is 27.9. The number of ether oxygens (including phenoxy) is 3. The molecule has 3 aromatic carbocycles. The first-order valence-corrected chi connectivity index (χ1v) is 17.3. The fourth-order valence-corrected chi connectivity index (χ4v) is 5.10. The van der Waals surface area contributed by atoms with Gasteiger partial charge in [0.05, 0.1) is 24.3 Å². The Bertz CT molecular complexity index is 1230. The van der Waals surface area contributed by atoms with Crippen molar-refractivity contribution in [2.45, 2.75) is 111 Å². The molecule has 3 rings (SSSR count). The van der Waals surface area contributed by atoms with Gasteiger partial charge in [-0.2, -0.15) is 0 Å². The van der Waals surface area contributed by atoms with Crippen LogP contribution in [0.1, 0.15) is 131 Å². The molecule has 244 valence electrons. The van der Waals surface area contributed by atoms with E-state index in [1.807, 2.05) is 43.3 Å². The largest absolute Gasteiger partial charge is 0.494 e. The molecular weight excluding hydrogens is 560 g/mol. The molecule has 5 heteroatoms. The van der Waals surface area contributed by atoms with Crippen LogP contribution in [-0.2, 0) is 4.74 Å². The highest BCUT2D eigenvalue weighted by Crippen LogP contribution is 2.24.